The van der Waals surface area contributed by atoms with Crippen LogP contribution >= 0.6 is 0 Å². The largest absolute Gasteiger partial charge is 0.432 e. The van der Waals surface area contributed by atoms with Gasteiger partial charge in [0.25, 0.3) is 0 Å². The molecule has 4 rings (SSSR count). The normalized spacial score (nSPS) is 11.4. The first-order valence-electron chi connectivity index (χ1n) is 13.3. The number of pyridine rings is 1. The van der Waals surface area contributed by atoms with Crippen LogP contribution in [-0.4, -0.2) is 11.6 Å². The van der Waals surface area contributed by atoms with Gasteiger partial charge in [-0.2, -0.15) is 8.78 Å². The van der Waals surface area contributed by atoms with Crippen LogP contribution in [0.5, 0.6) is 5.75 Å². The van der Waals surface area contributed by atoms with Crippen LogP contribution in [0.1, 0.15) is 60.6 Å². The van der Waals surface area contributed by atoms with E-state index in [-0.39, 0.29) is 5.82 Å². The van der Waals surface area contributed by atoms with Gasteiger partial charge in [0, 0.05) is 17.3 Å². The highest BCUT2D eigenvalue weighted by molar-refractivity contribution is 5.84. The third kappa shape index (κ3) is 7.56. The summed E-state index contributed by atoms with van der Waals surface area (Å²) in [7, 11) is 0. The smallest absolute Gasteiger partial charge is 0.387 e. The number of fused-ring (bicyclic) bond motifs is 1. The van der Waals surface area contributed by atoms with E-state index in [0.717, 1.165) is 42.0 Å². The number of nitrogens with zero attached hydrogens (tertiary/aromatic N) is 1. The van der Waals surface area contributed by atoms with E-state index in [0.29, 0.717) is 29.4 Å². The second kappa shape index (κ2) is 13.4. The lowest BCUT2D eigenvalue weighted by atomic mass is 9.97. The van der Waals surface area contributed by atoms with Gasteiger partial charge in [0.05, 0.1) is 0 Å². The van der Waals surface area contributed by atoms with Crippen molar-refractivity contribution in [2.45, 2.75) is 71.3 Å². The van der Waals surface area contributed by atoms with E-state index >= 15 is 4.39 Å². The van der Waals surface area contributed by atoms with Crippen LogP contribution in [0, 0.1) is 11.6 Å². The lowest BCUT2D eigenvalue weighted by molar-refractivity contribution is -0.0522. The molecule has 0 atom stereocenters. The summed E-state index contributed by atoms with van der Waals surface area (Å²) in [5, 5.41) is 1.38. The van der Waals surface area contributed by atoms with Gasteiger partial charge < -0.3 is 4.74 Å². The Hall–Kier alpha value is -3.41. The summed E-state index contributed by atoms with van der Waals surface area (Å²) < 4.78 is 58.0. The molecule has 0 radical (unpaired) electrons. The summed E-state index contributed by atoms with van der Waals surface area (Å²) in [6, 6.07) is 17.6. The summed E-state index contributed by atoms with van der Waals surface area (Å²) in [4.78, 5) is 4.63. The van der Waals surface area contributed by atoms with Crippen LogP contribution in [0.15, 0.2) is 66.9 Å². The molecular weight excluding hydrogens is 490 g/mol. The van der Waals surface area contributed by atoms with Gasteiger partial charge in [-0.25, -0.2) is 8.78 Å². The second-order valence-electron chi connectivity index (χ2n) is 9.71. The molecule has 1 aromatic heterocycles. The number of aromatic nitrogens is 1. The van der Waals surface area contributed by atoms with Gasteiger partial charge in [0.2, 0.25) is 0 Å². The molecule has 0 bridgehead atoms. The van der Waals surface area contributed by atoms with Crippen molar-refractivity contribution in [1.82, 2.24) is 4.98 Å². The van der Waals surface area contributed by atoms with E-state index in [9.17, 15) is 13.2 Å². The summed E-state index contributed by atoms with van der Waals surface area (Å²) >= 11 is 0. The number of hydrogen-bond acceptors (Lipinski definition) is 2. The van der Waals surface area contributed by atoms with Crippen molar-refractivity contribution in [3.05, 3.63) is 106 Å². The van der Waals surface area contributed by atoms with Crippen LogP contribution in [-0.2, 0) is 32.1 Å². The van der Waals surface area contributed by atoms with Crippen LogP contribution in [0.2, 0.25) is 0 Å². The zero-order valence-electron chi connectivity index (χ0n) is 21.7. The molecule has 6 heteroatoms. The lowest BCUT2D eigenvalue weighted by Gasteiger charge is -2.10. The fourth-order valence-corrected chi connectivity index (χ4v) is 4.68. The number of hydrogen-bond donors (Lipinski definition) is 0. The van der Waals surface area contributed by atoms with Crippen molar-refractivity contribution in [2.24, 2.45) is 0 Å². The predicted molar refractivity (Wildman–Crippen MR) is 144 cm³/mol. The topological polar surface area (TPSA) is 22.1 Å². The molecule has 38 heavy (non-hydrogen) atoms. The van der Waals surface area contributed by atoms with Crippen molar-refractivity contribution >= 4 is 10.8 Å². The van der Waals surface area contributed by atoms with Gasteiger partial charge in [-0.05, 0) is 84.4 Å². The number of benzene rings is 3. The lowest BCUT2D eigenvalue weighted by Crippen LogP contribution is -2.04. The van der Waals surface area contributed by atoms with Gasteiger partial charge in [-0.3, -0.25) is 4.98 Å². The van der Waals surface area contributed by atoms with Crippen LogP contribution < -0.4 is 4.74 Å². The molecule has 0 amide bonds. The van der Waals surface area contributed by atoms with Crippen molar-refractivity contribution < 1.29 is 22.3 Å². The molecule has 200 valence electrons. The van der Waals surface area contributed by atoms with E-state index in [1.54, 1.807) is 6.07 Å². The second-order valence-corrected chi connectivity index (χ2v) is 9.71. The molecule has 0 unspecified atom stereocenters. The number of ether oxygens (including phenoxy) is 1. The third-order valence-corrected chi connectivity index (χ3v) is 6.87. The first kappa shape index (κ1) is 27.6. The van der Waals surface area contributed by atoms with E-state index in [4.69, 9.17) is 0 Å². The zero-order valence-corrected chi connectivity index (χ0v) is 21.7. The highest BCUT2D eigenvalue weighted by atomic mass is 19.3. The molecular formula is C32H33F4NO. The Kier molecular flexibility index (Phi) is 9.74. The molecule has 2 nitrogen and oxygen atoms in total. The molecule has 1 heterocycles. The molecule has 0 saturated carbocycles. The van der Waals surface area contributed by atoms with Crippen molar-refractivity contribution in [2.75, 3.05) is 0 Å². The molecule has 3 aromatic carbocycles. The Balaban J connectivity index is 1.34. The average Bonchev–Trinajstić information content (AvgIpc) is 2.91. The molecule has 0 aliphatic carbocycles. The molecule has 0 N–H and O–H groups in total. The number of unbranched alkanes of at least 4 members (excludes halogenated alkanes) is 3. The van der Waals surface area contributed by atoms with Crippen LogP contribution in [0.3, 0.4) is 0 Å². The molecule has 0 fully saturated rings. The maximum atomic E-state index is 15.2. The van der Waals surface area contributed by atoms with Gasteiger partial charge in [-0.15, -0.1) is 0 Å². The Morgan fingerprint density at radius 2 is 1.50 bits per heavy atom. The Morgan fingerprint density at radius 3 is 2.24 bits per heavy atom. The SMILES string of the molecule is CCCCCCc1ccc(CCc2ccc3c(F)c(CCc4ccc(OC(F)F)c(F)c4)ccc3c2)nc1. The van der Waals surface area contributed by atoms with E-state index in [2.05, 4.69) is 28.8 Å². The minimum Gasteiger partial charge on any atom is -0.432 e. The molecule has 0 aliphatic rings. The number of alkyl halides is 2. The van der Waals surface area contributed by atoms with Crippen molar-refractivity contribution in [1.29, 1.82) is 0 Å². The standard InChI is InChI=1S/C32H33F4NO/c1-2-3-4-5-6-24-9-16-27(37-21-24)15-8-22-10-17-28-26(19-22)14-13-25(31(28)34)12-7-23-11-18-30(29(33)20-23)38-32(35)36/h9-11,13-14,16-21,32H,2-8,12,15H2,1H3. The first-order valence-corrected chi connectivity index (χ1v) is 13.3. The highest BCUT2D eigenvalue weighted by Crippen LogP contribution is 2.26. The molecule has 0 saturated heterocycles. The molecule has 0 aliphatic heterocycles. The minimum absolute atomic E-state index is 0.289. The predicted octanol–water partition coefficient (Wildman–Crippen LogP) is 8.81. The summed E-state index contributed by atoms with van der Waals surface area (Å²) in [6.45, 7) is -0.872. The zero-order chi connectivity index (χ0) is 26.9. The van der Waals surface area contributed by atoms with E-state index in [1.807, 2.05) is 30.5 Å². The van der Waals surface area contributed by atoms with Crippen molar-refractivity contribution in [3.63, 3.8) is 0 Å². The van der Waals surface area contributed by atoms with Gasteiger partial charge in [0.15, 0.2) is 11.6 Å². The summed E-state index contributed by atoms with van der Waals surface area (Å²) in [6.07, 6.45) is 10.4. The maximum absolute atomic E-state index is 15.2. The Morgan fingerprint density at radius 1 is 0.737 bits per heavy atom. The number of aryl methyl sites for hydroxylation is 5. The third-order valence-electron chi connectivity index (χ3n) is 6.87. The number of rotatable bonds is 13. The van der Waals surface area contributed by atoms with E-state index in [1.165, 1.54) is 43.4 Å². The summed E-state index contributed by atoms with van der Waals surface area (Å²) in [5.74, 6) is -1.65. The van der Waals surface area contributed by atoms with Crippen molar-refractivity contribution in [3.8, 4) is 5.75 Å². The Labute approximate surface area is 221 Å². The monoisotopic (exact) mass is 523 g/mol. The number of halogens is 4. The fourth-order valence-electron chi connectivity index (χ4n) is 4.68. The van der Waals surface area contributed by atoms with Crippen LogP contribution in [0.25, 0.3) is 10.8 Å². The van der Waals surface area contributed by atoms with Gasteiger partial charge >= 0.3 is 6.61 Å². The molecule has 4 aromatic rings. The average molecular weight is 524 g/mol. The van der Waals surface area contributed by atoms with Crippen LogP contribution in [0.4, 0.5) is 17.6 Å². The quantitative estimate of drug-likeness (QED) is 0.129. The van der Waals surface area contributed by atoms with Gasteiger partial charge in [-0.1, -0.05) is 68.7 Å². The maximum Gasteiger partial charge on any atom is 0.387 e. The minimum atomic E-state index is -3.09. The molecule has 0 spiro atoms. The fraction of sp³-hybridized carbons (Fsp3) is 0.344. The van der Waals surface area contributed by atoms with Gasteiger partial charge in [0.1, 0.15) is 5.82 Å². The highest BCUT2D eigenvalue weighted by Gasteiger charge is 2.12. The van der Waals surface area contributed by atoms with E-state index < -0.39 is 18.2 Å². The Bertz CT molecular complexity index is 1340. The first-order chi connectivity index (χ1) is 18.4. The summed E-state index contributed by atoms with van der Waals surface area (Å²) in [5.41, 5.74) is 4.56.